The van der Waals surface area contributed by atoms with Gasteiger partial charge < -0.3 is 4.98 Å². The molecule has 0 aliphatic heterocycles. The van der Waals surface area contributed by atoms with Crippen LogP contribution < -0.4 is 0 Å². The van der Waals surface area contributed by atoms with Crippen LogP contribution in [0.15, 0.2) is 54.7 Å². The lowest BCUT2D eigenvalue weighted by Crippen LogP contribution is -2.11. The summed E-state index contributed by atoms with van der Waals surface area (Å²) in [5.74, 6) is 0.0227. The number of carbonyl (C=O) groups is 1. The summed E-state index contributed by atoms with van der Waals surface area (Å²) in [4.78, 5) is 16.2. The standard InChI is InChI=1S/C23H24N4O/c1-15-22(18-7-5-6-8-19(18)24-15)21(28)14-27-13-20(25-26-27)16-9-11-17(12-10-16)23(2,3)4/h5-13,24H,14H2,1-4H3. The molecule has 28 heavy (non-hydrogen) atoms. The van der Waals surface area contributed by atoms with Crippen molar-refractivity contribution in [2.24, 2.45) is 0 Å². The second-order valence-corrected chi connectivity index (χ2v) is 8.22. The van der Waals surface area contributed by atoms with Gasteiger partial charge in [0.05, 0.1) is 6.20 Å². The van der Waals surface area contributed by atoms with Gasteiger partial charge in [0.25, 0.3) is 0 Å². The van der Waals surface area contributed by atoms with E-state index in [1.54, 1.807) is 4.68 Å². The van der Waals surface area contributed by atoms with E-state index in [1.807, 2.05) is 37.4 Å². The Balaban J connectivity index is 1.56. The van der Waals surface area contributed by atoms with Crippen LogP contribution in [0.3, 0.4) is 0 Å². The summed E-state index contributed by atoms with van der Waals surface area (Å²) in [6.45, 7) is 8.66. The van der Waals surface area contributed by atoms with Crippen molar-refractivity contribution in [2.45, 2.75) is 39.7 Å². The van der Waals surface area contributed by atoms with Gasteiger partial charge in [0.15, 0.2) is 5.78 Å². The number of para-hydroxylation sites is 1. The van der Waals surface area contributed by atoms with Gasteiger partial charge in [-0.05, 0) is 24.0 Å². The molecule has 4 aromatic rings. The van der Waals surface area contributed by atoms with Crippen molar-refractivity contribution in [1.82, 2.24) is 20.0 Å². The highest BCUT2D eigenvalue weighted by molar-refractivity contribution is 6.09. The van der Waals surface area contributed by atoms with Crippen molar-refractivity contribution < 1.29 is 4.79 Å². The van der Waals surface area contributed by atoms with Gasteiger partial charge >= 0.3 is 0 Å². The fourth-order valence-electron chi connectivity index (χ4n) is 3.51. The number of Topliss-reactive ketones (excluding diaryl/α,β-unsaturated/α-hetero) is 1. The van der Waals surface area contributed by atoms with E-state index in [-0.39, 0.29) is 17.7 Å². The molecule has 2 aromatic carbocycles. The molecule has 0 saturated carbocycles. The van der Waals surface area contributed by atoms with Crippen LogP contribution in [0.25, 0.3) is 22.2 Å². The average Bonchev–Trinajstić information content (AvgIpc) is 3.24. The Morgan fingerprint density at radius 3 is 2.50 bits per heavy atom. The number of hydrogen-bond acceptors (Lipinski definition) is 3. The Morgan fingerprint density at radius 1 is 1.07 bits per heavy atom. The number of rotatable bonds is 4. The van der Waals surface area contributed by atoms with E-state index >= 15 is 0 Å². The van der Waals surface area contributed by atoms with Crippen LogP contribution >= 0.6 is 0 Å². The number of hydrogen-bond donors (Lipinski definition) is 1. The number of fused-ring (bicyclic) bond motifs is 1. The first-order valence-electron chi connectivity index (χ1n) is 9.44. The SMILES string of the molecule is Cc1[nH]c2ccccc2c1C(=O)Cn1cc(-c2ccc(C(C)(C)C)cc2)nn1. The molecule has 1 N–H and O–H groups in total. The van der Waals surface area contributed by atoms with Gasteiger partial charge in [0.1, 0.15) is 12.2 Å². The number of H-pyrrole nitrogens is 1. The highest BCUT2D eigenvalue weighted by atomic mass is 16.1. The lowest BCUT2D eigenvalue weighted by Gasteiger charge is -2.18. The molecule has 0 fully saturated rings. The largest absolute Gasteiger partial charge is 0.358 e. The maximum absolute atomic E-state index is 12.9. The number of carbonyl (C=O) groups excluding carboxylic acids is 1. The van der Waals surface area contributed by atoms with Gasteiger partial charge in [0, 0.05) is 27.7 Å². The predicted octanol–water partition coefficient (Wildman–Crippen LogP) is 4.92. The molecular weight excluding hydrogens is 348 g/mol. The van der Waals surface area contributed by atoms with E-state index in [4.69, 9.17) is 0 Å². The summed E-state index contributed by atoms with van der Waals surface area (Å²) >= 11 is 0. The number of nitrogens with zero attached hydrogens (tertiary/aromatic N) is 3. The Bertz CT molecular complexity index is 1140. The van der Waals surface area contributed by atoms with Gasteiger partial charge in [0.2, 0.25) is 0 Å². The molecule has 5 nitrogen and oxygen atoms in total. The molecule has 2 heterocycles. The van der Waals surface area contributed by atoms with Crippen molar-refractivity contribution in [3.63, 3.8) is 0 Å². The van der Waals surface area contributed by atoms with E-state index in [9.17, 15) is 4.79 Å². The molecule has 0 bridgehead atoms. The molecule has 0 amide bonds. The number of benzene rings is 2. The summed E-state index contributed by atoms with van der Waals surface area (Å²) in [6, 6.07) is 16.2. The Kier molecular flexibility index (Phi) is 4.38. The maximum atomic E-state index is 12.9. The van der Waals surface area contributed by atoms with Crippen molar-refractivity contribution in [3.8, 4) is 11.3 Å². The lowest BCUT2D eigenvalue weighted by molar-refractivity contribution is 0.0968. The smallest absolute Gasteiger partial charge is 0.186 e. The van der Waals surface area contributed by atoms with Gasteiger partial charge in [-0.25, -0.2) is 4.68 Å². The fourth-order valence-corrected chi connectivity index (χ4v) is 3.51. The maximum Gasteiger partial charge on any atom is 0.186 e. The first-order valence-corrected chi connectivity index (χ1v) is 9.44. The van der Waals surface area contributed by atoms with Crippen LogP contribution in [0.4, 0.5) is 0 Å². The van der Waals surface area contributed by atoms with Crippen molar-refractivity contribution in [3.05, 3.63) is 71.5 Å². The van der Waals surface area contributed by atoms with Crippen LogP contribution in [0, 0.1) is 6.92 Å². The van der Waals surface area contributed by atoms with Crippen LogP contribution in [0.2, 0.25) is 0 Å². The molecule has 0 saturated heterocycles. The monoisotopic (exact) mass is 372 g/mol. The molecule has 0 radical (unpaired) electrons. The number of ketones is 1. The molecule has 0 atom stereocenters. The second-order valence-electron chi connectivity index (χ2n) is 8.22. The van der Waals surface area contributed by atoms with Crippen molar-refractivity contribution >= 4 is 16.7 Å². The lowest BCUT2D eigenvalue weighted by atomic mass is 9.86. The third kappa shape index (κ3) is 3.36. The third-order valence-corrected chi connectivity index (χ3v) is 5.06. The second kappa shape index (κ2) is 6.75. The molecule has 0 spiro atoms. The molecule has 142 valence electrons. The first-order chi connectivity index (χ1) is 13.3. The molecule has 2 aromatic heterocycles. The Hall–Kier alpha value is -3.21. The van der Waals surface area contributed by atoms with E-state index < -0.39 is 0 Å². The summed E-state index contributed by atoms with van der Waals surface area (Å²) < 4.78 is 1.61. The van der Waals surface area contributed by atoms with Crippen LogP contribution in [0.1, 0.15) is 42.4 Å². The first kappa shape index (κ1) is 18.2. The molecule has 0 aliphatic rings. The zero-order valence-corrected chi connectivity index (χ0v) is 16.7. The molecule has 4 rings (SSSR count). The number of aromatic nitrogens is 4. The third-order valence-electron chi connectivity index (χ3n) is 5.06. The van der Waals surface area contributed by atoms with Crippen molar-refractivity contribution in [2.75, 3.05) is 0 Å². The summed E-state index contributed by atoms with van der Waals surface area (Å²) in [5.41, 5.74) is 5.72. The van der Waals surface area contributed by atoms with Crippen LogP contribution in [-0.2, 0) is 12.0 Å². The van der Waals surface area contributed by atoms with E-state index in [2.05, 4.69) is 60.3 Å². The highest BCUT2D eigenvalue weighted by Gasteiger charge is 2.17. The van der Waals surface area contributed by atoms with Gasteiger partial charge in [-0.3, -0.25) is 4.79 Å². The highest BCUT2D eigenvalue weighted by Crippen LogP contribution is 2.26. The van der Waals surface area contributed by atoms with Crippen LogP contribution in [-0.4, -0.2) is 25.8 Å². The minimum atomic E-state index is 0.0227. The van der Waals surface area contributed by atoms with Gasteiger partial charge in [-0.15, -0.1) is 5.10 Å². The Morgan fingerprint density at radius 2 is 1.79 bits per heavy atom. The molecule has 0 unspecified atom stereocenters. The number of aromatic amines is 1. The van der Waals surface area contributed by atoms with E-state index in [0.717, 1.165) is 33.4 Å². The number of nitrogens with one attached hydrogen (secondary N) is 1. The minimum Gasteiger partial charge on any atom is -0.358 e. The fraction of sp³-hybridized carbons (Fsp3) is 0.261. The molecular formula is C23H24N4O. The van der Waals surface area contributed by atoms with E-state index in [1.165, 1.54) is 5.56 Å². The Labute approximate surface area is 164 Å². The van der Waals surface area contributed by atoms with Crippen LogP contribution in [0.5, 0.6) is 0 Å². The van der Waals surface area contributed by atoms with E-state index in [0.29, 0.717) is 0 Å². The van der Waals surface area contributed by atoms with Gasteiger partial charge in [-0.1, -0.05) is 68.4 Å². The zero-order valence-electron chi connectivity index (χ0n) is 16.7. The topological polar surface area (TPSA) is 63.6 Å². The quantitative estimate of drug-likeness (QED) is 0.517. The average molecular weight is 372 g/mol. The summed E-state index contributed by atoms with van der Waals surface area (Å²) in [5, 5.41) is 9.36. The summed E-state index contributed by atoms with van der Waals surface area (Å²) in [6.07, 6.45) is 1.83. The minimum absolute atomic E-state index is 0.0227. The van der Waals surface area contributed by atoms with Crippen molar-refractivity contribution in [1.29, 1.82) is 0 Å². The molecule has 0 aliphatic carbocycles. The van der Waals surface area contributed by atoms with Gasteiger partial charge in [-0.2, -0.15) is 0 Å². The molecule has 5 heteroatoms. The zero-order chi connectivity index (χ0) is 19.9. The normalized spacial score (nSPS) is 11.9. The summed E-state index contributed by atoms with van der Waals surface area (Å²) in [7, 11) is 0. The number of aryl methyl sites for hydroxylation is 1. The predicted molar refractivity (Wildman–Crippen MR) is 112 cm³/mol.